The molecule has 0 fully saturated rings. The Hall–Kier alpha value is -3.67. The lowest BCUT2D eigenvalue weighted by Crippen LogP contribution is -2.29. The molecular formula is C19H19N3O6. The third kappa shape index (κ3) is 4.01. The van der Waals surface area contributed by atoms with Gasteiger partial charge in [0, 0.05) is 12.6 Å². The molecule has 0 saturated carbocycles. The maximum Gasteiger partial charge on any atom is 0.310 e. The van der Waals surface area contributed by atoms with Gasteiger partial charge in [0.1, 0.15) is 11.6 Å². The first-order valence-corrected chi connectivity index (χ1v) is 8.44. The van der Waals surface area contributed by atoms with Gasteiger partial charge in [-0.25, -0.2) is 0 Å². The summed E-state index contributed by atoms with van der Waals surface area (Å²) >= 11 is 0. The number of para-hydroxylation sites is 2. The predicted octanol–water partition coefficient (Wildman–Crippen LogP) is 2.56. The summed E-state index contributed by atoms with van der Waals surface area (Å²) < 4.78 is 6.26. The second kappa shape index (κ2) is 8.35. The zero-order valence-electron chi connectivity index (χ0n) is 15.6. The van der Waals surface area contributed by atoms with E-state index in [9.17, 15) is 30.1 Å². The maximum atomic E-state index is 12.7. The van der Waals surface area contributed by atoms with Crippen LogP contribution in [0.5, 0.6) is 11.6 Å². The number of hydrogen-bond acceptors (Lipinski definition) is 7. The minimum Gasteiger partial charge on any atom is -0.494 e. The Bertz CT molecular complexity index is 1030. The predicted molar refractivity (Wildman–Crippen MR) is 99.6 cm³/mol. The van der Waals surface area contributed by atoms with Crippen molar-refractivity contribution in [2.75, 3.05) is 6.61 Å². The monoisotopic (exact) mass is 385 g/mol. The van der Waals surface area contributed by atoms with Crippen LogP contribution in [-0.2, 0) is 6.54 Å². The van der Waals surface area contributed by atoms with E-state index in [0.717, 1.165) is 4.57 Å². The topological polar surface area (TPSA) is 135 Å². The Labute approximate surface area is 160 Å². The first kappa shape index (κ1) is 20.6. The highest BCUT2D eigenvalue weighted by Crippen LogP contribution is 2.27. The largest absolute Gasteiger partial charge is 0.494 e. The molecule has 0 bridgehead atoms. The maximum absolute atomic E-state index is 12.7. The standard InChI is InChI=1S/C19H19N3O6/c1-11(2)9-21-18(24)13(8-20)12(3)17(19(21)25)15(23)10-28-16-7-5-4-6-14(16)22(26)27/h4-7,11,25H,9-10H2,1-3H3. The van der Waals surface area contributed by atoms with E-state index < -0.39 is 28.8 Å². The molecule has 0 radical (unpaired) electrons. The molecule has 9 heteroatoms. The molecule has 0 saturated heterocycles. The number of ketones is 1. The summed E-state index contributed by atoms with van der Waals surface area (Å²) in [6, 6.07) is 7.33. The fourth-order valence-electron chi connectivity index (χ4n) is 2.76. The third-order valence-corrected chi connectivity index (χ3v) is 4.05. The molecule has 0 aliphatic carbocycles. The van der Waals surface area contributed by atoms with Gasteiger partial charge >= 0.3 is 5.69 Å². The number of carbonyl (C=O) groups is 1. The van der Waals surface area contributed by atoms with Gasteiger partial charge in [0.25, 0.3) is 5.56 Å². The van der Waals surface area contributed by atoms with E-state index in [1.807, 2.05) is 13.8 Å². The number of nitrogens with zero attached hydrogens (tertiary/aromatic N) is 3. The summed E-state index contributed by atoms with van der Waals surface area (Å²) in [5.41, 5.74) is -1.40. The molecule has 2 rings (SSSR count). The number of hydrogen-bond donors (Lipinski definition) is 1. The van der Waals surface area contributed by atoms with Gasteiger partial charge in [-0.2, -0.15) is 5.26 Å². The van der Waals surface area contributed by atoms with Crippen molar-refractivity contribution in [3.05, 3.63) is 61.4 Å². The van der Waals surface area contributed by atoms with Crippen molar-refractivity contribution < 1.29 is 19.6 Å². The number of benzene rings is 1. The van der Waals surface area contributed by atoms with Crippen molar-refractivity contribution in [1.29, 1.82) is 5.26 Å². The Morgan fingerprint density at radius 2 is 2.04 bits per heavy atom. The second-order valence-electron chi connectivity index (χ2n) is 6.56. The van der Waals surface area contributed by atoms with E-state index >= 15 is 0 Å². The number of nitro benzene ring substituents is 1. The van der Waals surface area contributed by atoms with Crippen molar-refractivity contribution in [1.82, 2.24) is 4.57 Å². The van der Waals surface area contributed by atoms with Crippen molar-refractivity contribution in [2.24, 2.45) is 5.92 Å². The van der Waals surface area contributed by atoms with Crippen molar-refractivity contribution in [3.63, 3.8) is 0 Å². The van der Waals surface area contributed by atoms with E-state index in [2.05, 4.69) is 0 Å². The lowest BCUT2D eigenvalue weighted by atomic mass is 10.0. The first-order valence-electron chi connectivity index (χ1n) is 8.44. The van der Waals surface area contributed by atoms with Gasteiger partial charge in [0.15, 0.2) is 12.4 Å². The van der Waals surface area contributed by atoms with Crippen LogP contribution in [0.3, 0.4) is 0 Å². The van der Waals surface area contributed by atoms with Crippen LogP contribution in [0, 0.1) is 34.3 Å². The van der Waals surface area contributed by atoms with Gasteiger partial charge in [0.05, 0.1) is 10.5 Å². The highest BCUT2D eigenvalue weighted by atomic mass is 16.6. The van der Waals surface area contributed by atoms with Crippen LogP contribution in [0.15, 0.2) is 29.1 Å². The Morgan fingerprint density at radius 3 is 2.61 bits per heavy atom. The van der Waals surface area contributed by atoms with Crippen LogP contribution in [0.2, 0.25) is 0 Å². The minimum atomic E-state index is -0.706. The van der Waals surface area contributed by atoms with Gasteiger partial charge < -0.3 is 9.84 Å². The molecule has 0 amide bonds. The van der Waals surface area contributed by atoms with Crippen molar-refractivity contribution >= 4 is 11.5 Å². The molecule has 0 aliphatic heterocycles. The van der Waals surface area contributed by atoms with Crippen molar-refractivity contribution in [3.8, 4) is 17.7 Å². The van der Waals surface area contributed by atoms with E-state index in [0.29, 0.717) is 0 Å². The van der Waals surface area contributed by atoms with Crippen LogP contribution in [0.1, 0.15) is 35.3 Å². The minimum absolute atomic E-state index is 0.0241. The number of Topliss-reactive ketones (excluding diaryl/α,β-unsaturated/α-hetero) is 1. The van der Waals surface area contributed by atoms with Crippen LogP contribution >= 0.6 is 0 Å². The number of aromatic nitrogens is 1. The fraction of sp³-hybridized carbons (Fsp3) is 0.316. The average molecular weight is 385 g/mol. The molecule has 1 heterocycles. The molecule has 0 atom stereocenters. The van der Waals surface area contributed by atoms with E-state index in [-0.39, 0.29) is 40.6 Å². The van der Waals surface area contributed by atoms with Crippen LogP contribution in [0.4, 0.5) is 5.69 Å². The van der Waals surface area contributed by atoms with Crippen molar-refractivity contribution in [2.45, 2.75) is 27.3 Å². The van der Waals surface area contributed by atoms with Gasteiger partial charge in [-0.05, 0) is 24.5 Å². The molecule has 9 nitrogen and oxygen atoms in total. The van der Waals surface area contributed by atoms with Gasteiger partial charge in [-0.3, -0.25) is 24.3 Å². The molecule has 0 unspecified atom stereocenters. The van der Waals surface area contributed by atoms with Gasteiger partial charge in [-0.1, -0.05) is 26.0 Å². The molecule has 28 heavy (non-hydrogen) atoms. The molecular weight excluding hydrogens is 366 g/mol. The molecule has 1 aromatic carbocycles. The molecule has 0 aliphatic rings. The molecule has 1 aromatic heterocycles. The van der Waals surface area contributed by atoms with Gasteiger partial charge in [-0.15, -0.1) is 0 Å². The zero-order chi connectivity index (χ0) is 21.0. The Kier molecular flexibility index (Phi) is 6.15. The highest BCUT2D eigenvalue weighted by Gasteiger charge is 2.25. The average Bonchev–Trinajstić information content (AvgIpc) is 2.64. The normalized spacial score (nSPS) is 10.5. The lowest BCUT2D eigenvalue weighted by Gasteiger charge is -2.17. The number of rotatable bonds is 7. The number of pyridine rings is 1. The van der Waals surface area contributed by atoms with Crippen LogP contribution in [0.25, 0.3) is 0 Å². The highest BCUT2D eigenvalue weighted by molar-refractivity contribution is 6.01. The van der Waals surface area contributed by atoms with Gasteiger partial charge in [0.2, 0.25) is 11.7 Å². The van der Waals surface area contributed by atoms with Crippen LogP contribution in [-0.4, -0.2) is 27.0 Å². The quantitative estimate of drug-likeness (QED) is 0.439. The molecule has 2 aromatic rings. The summed E-state index contributed by atoms with van der Waals surface area (Å²) in [4.78, 5) is 35.5. The Balaban J connectivity index is 2.45. The Morgan fingerprint density at radius 1 is 1.39 bits per heavy atom. The summed E-state index contributed by atoms with van der Waals surface area (Å²) in [5, 5.41) is 30.8. The third-order valence-electron chi connectivity index (χ3n) is 4.05. The summed E-state index contributed by atoms with van der Waals surface area (Å²) in [6.07, 6.45) is 0. The van der Waals surface area contributed by atoms with E-state index in [1.165, 1.54) is 31.2 Å². The number of aromatic hydroxyl groups is 1. The molecule has 1 N–H and O–H groups in total. The zero-order valence-corrected chi connectivity index (χ0v) is 15.6. The summed E-state index contributed by atoms with van der Waals surface area (Å²) in [6.45, 7) is 4.53. The molecule has 0 spiro atoms. The van der Waals surface area contributed by atoms with E-state index in [1.54, 1.807) is 6.07 Å². The number of nitro groups is 1. The van der Waals surface area contributed by atoms with Crippen LogP contribution < -0.4 is 10.3 Å². The number of ether oxygens (including phenoxy) is 1. The number of carbonyl (C=O) groups excluding carboxylic acids is 1. The van der Waals surface area contributed by atoms with E-state index in [4.69, 9.17) is 4.74 Å². The number of nitriles is 1. The summed E-state index contributed by atoms with van der Waals surface area (Å²) in [5.74, 6) is -1.38. The second-order valence-corrected chi connectivity index (χ2v) is 6.56. The fourth-order valence-corrected chi connectivity index (χ4v) is 2.76. The first-order chi connectivity index (χ1) is 13.2. The SMILES string of the molecule is Cc1c(C(=O)COc2ccccc2[N+](=O)[O-])c(O)n(CC(C)C)c(=O)c1C#N. The smallest absolute Gasteiger partial charge is 0.310 e. The lowest BCUT2D eigenvalue weighted by molar-refractivity contribution is -0.385. The summed E-state index contributed by atoms with van der Waals surface area (Å²) in [7, 11) is 0. The molecule has 146 valence electrons.